The first-order valence-corrected chi connectivity index (χ1v) is 8.29. The van der Waals surface area contributed by atoms with E-state index in [0.717, 1.165) is 22.2 Å². The second kappa shape index (κ2) is 8.70. The first kappa shape index (κ1) is 17.5. The van der Waals surface area contributed by atoms with Crippen LogP contribution in [0.1, 0.15) is 29.3 Å². The zero-order chi connectivity index (χ0) is 16.7. The van der Waals surface area contributed by atoms with E-state index in [9.17, 15) is 4.79 Å². The van der Waals surface area contributed by atoms with Crippen LogP contribution in [0.2, 0.25) is 5.02 Å². The molecule has 0 spiro atoms. The van der Waals surface area contributed by atoms with E-state index in [1.165, 1.54) is 0 Å². The van der Waals surface area contributed by atoms with Gasteiger partial charge in [-0.25, -0.2) is 5.43 Å². The number of carbonyl (C=O) groups is 1. The van der Waals surface area contributed by atoms with Crippen LogP contribution in [0.25, 0.3) is 0 Å². The van der Waals surface area contributed by atoms with E-state index in [1.54, 1.807) is 30.5 Å². The predicted molar refractivity (Wildman–Crippen MR) is 96.4 cm³/mol. The van der Waals surface area contributed by atoms with Crippen LogP contribution >= 0.6 is 27.5 Å². The van der Waals surface area contributed by atoms with E-state index in [-0.39, 0.29) is 5.91 Å². The molecule has 2 rings (SSSR count). The van der Waals surface area contributed by atoms with Crippen molar-refractivity contribution < 1.29 is 9.53 Å². The molecule has 0 aliphatic rings. The summed E-state index contributed by atoms with van der Waals surface area (Å²) in [6.45, 7) is 2.72. The Morgan fingerprint density at radius 1 is 1.35 bits per heavy atom. The molecule has 0 unspecified atom stereocenters. The lowest BCUT2D eigenvalue weighted by Crippen LogP contribution is -2.17. The Hall–Kier alpha value is -1.85. The third kappa shape index (κ3) is 5.08. The number of nitrogens with one attached hydrogen (secondary N) is 1. The number of hydrogen-bond acceptors (Lipinski definition) is 3. The summed E-state index contributed by atoms with van der Waals surface area (Å²) in [7, 11) is 0. The Balaban J connectivity index is 1.99. The van der Waals surface area contributed by atoms with Crippen molar-refractivity contribution in [2.24, 2.45) is 5.10 Å². The lowest BCUT2D eigenvalue weighted by Gasteiger charge is -2.07. The van der Waals surface area contributed by atoms with E-state index in [1.807, 2.05) is 18.2 Å². The molecule has 120 valence electrons. The maximum absolute atomic E-state index is 12.0. The van der Waals surface area contributed by atoms with Crippen LogP contribution in [0.5, 0.6) is 5.75 Å². The zero-order valence-corrected chi connectivity index (χ0v) is 14.9. The average Bonchev–Trinajstić information content (AvgIpc) is 2.54. The van der Waals surface area contributed by atoms with Gasteiger partial charge in [0.25, 0.3) is 5.91 Å². The molecule has 0 saturated heterocycles. The zero-order valence-electron chi connectivity index (χ0n) is 12.6. The van der Waals surface area contributed by atoms with E-state index in [4.69, 9.17) is 16.3 Å². The van der Waals surface area contributed by atoms with Crippen molar-refractivity contribution in [3.8, 4) is 5.75 Å². The SMILES string of the molecule is CCCOc1ccc(/C=N\NC(=O)c2ccccc2Cl)cc1Br. The minimum Gasteiger partial charge on any atom is -0.492 e. The summed E-state index contributed by atoms with van der Waals surface area (Å²) in [6, 6.07) is 12.4. The van der Waals surface area contributed by atoms with Crippen molar-refractivity contribution >= 4 is 39.7 Å². The number of carbonyl (C=O) groups excluding carboxylic acids is 1. The number of hydrogen-bond donors (Lipinski definition) is 1. The van der Waals surface area contributed by atoms with Gasteiger partial charge < -0.3 is 4.74 Å². The molecule has 0 atom stereocenters. The number of rotatable bonds is 6. The van der Waals surface area contributed by atoms with Gasteiger partial charge in [0.05, 0.1) is 27.9 Å². The standard InChI is InChI=1S/C17H16BrClN2O2/c1-2-9-23-16-8-7-12(10-14(16)18)11-20-21-17(22)13-5-3-4-6-15(13)19/h3-8,10-11H,2,9H2,1H3,(H,21,22)/b20-11-. The van der Waals surface area contributed by atoms with Gasteiger partial charge in [0.1, 0.15) is 5.75 Å². The molecular weight excluding hydrogens is 380 g/mol. The minimum atomic E-state index is -0.353. The molecule has 23 heavy (non-hydrogen) atoms. The fourth-order valence-electron chi connectivity index (χ4n) is 1.80. The quantitative estimate of drug-likeness (QED) is 0.571. The largest absolute Gasteiger partial charge is 0.492 e. The van der Waals surface area contributed by atoms with Gasteiger partial charge in [-0.05, 0) is 58.2 Å². The van der Waals surface area contributed by atoms with E-state index < -0.39 is 0 Å². The van der Waals surface area contributed by atoms with Gasteiger partial charge in [-0.2, -0.15) is 5.10 Å². The van der Waals surface area contributed by atoms with Gasteiger partial charge in [0, 0.05) is 0 Å². The van der Waals surface area contributed by atoms with Gasteiger partial charge >= 0.3 is 0 Å². The Morgan fingerprint density at radius 2 is 2.13 bits per heavy atom. The Bertz CT molecular complexity index is 719. The average molecular weight is 396 g/mol. The third-order valence-corrected chi connectivity index (χ3v) is 3.87. The Morgan fingerprint density at radius 3 is 2.83 bits per heavy atom. The molecular formula is C17H16BrClN2O2. The van der Waals surface area contributed by atoms with Crippen molar-refractivity contribution in [3.05, 3.63) is 63.1 Å². The van der Waals surface area contributed by atoms with E-state index >= 15 is 0 Å². The number of amides is 1. The molecule has 0 heterocycles. The second-order valence-corrected chi connectivity index (χ2v) is 5.98. The second-order valence-electron chi connectivity index (χ2n) is 4.72. The fourth-order valence-corrected chi connectivity index (χ4v) is 2.53. The normalized spacial score (nSPS) is 10.7. The first-order valence-electron chi connectivity index (χ1n) is 7.12. The third-order valence-electron chi connectivity index (χ3n) is 2.92. The minimum absolute atomic E-state index is 0.353. The number of hydrazone groups is 1. The number of ether oxygens (including phenoxy) is 1. The monoisotopic (exact) mass is 394 g/mol. The summed E-state index contributed by atoms with van der Waals surface area (Å²) in [4.78, 5) is 12.0. The lowest BCUT2D eigenvalue weighted by atomic mass is 10.2. The molecule has 0 aromatic heterocycles. The maximum atomic E-state index is 12.0. The van der Waals surface area contributed by atoms with Crippen molar-refractivity contribution in [2.45, 2.75) is 13.3 Å². The highest BCUT2D eigenvalue weighted by Gasteiger charge is 2.07. The molecule has 0 saturated carbocycles. The van der Waals surface area contributed by atoms with Crippen molar-refractivity contribution in [2.75, 3.05) is 6.61 Å². The molecule has 1 amide bonds. The van der Waals surface area contributed by atoms with E-state index in [2.05, 4.69) is 33.4 Å². The topological polar surface area (TPSA) is 50.7 Å². The van der Waals surface area contributed by atoms with Crippen molar-refractivity contribution in [1.82, 2.24) is 5.43 Å². The molecule has 2 aromatic rings. The van der Waals surface area contributed by atoms with Crippen molar-refractivity contribution in [1.29, 1.82) is 0 Å². The summed E-state index contributed by atoms with van der Waals surface area (Å²) in [5, 5.41) is 4.34. The smallest absolute Gasteiger partial charge is 0.272 e. The lowest BCUT2D eigenvalue weighted by molar-refractivity contribution is 0.0955. The van der Waals surface area contributed by atoms with Gasteiger partial charge in [0.2, 0.25) is 0 Å². The van der Waals surface area contributed by atoms with Crippen LogP contribution in [0.3, 0.4) is 0 Å². The van der Waals surface area contributed by atoms with Crippen LogP contribution < -0.4 is 10.2 Å². The first-order chi connectivity index (χ1) is 11.1. The summed E-state index contributed by atoms with van der Waals surface area (Å²) >= 11 is 9.42. The number of benzene rings is 2. The molecule has 0 aliphatic carbocycles. The van der Waals surface area contributed by atoms with Gasteiger partial charge in [0.15, 0.2) is 0 Å². The molecule has 0 aliphatic heterocycles. The fraction of sp³-hybridized carbons (Fsp3) is 0.176. The summed E-state index contributed by atoms with van der Waals surface area (Å²) in [6.07, 6.45) is 2.51. The highest BCUT2D eigenvalue weighted by Crippen LogP contribution is 2.25. The molecule has 4 nitrogen and oxygen atoms in total. The molecule has 0 bridgehead atoms. The molecule has 2 aromatic carbocycles. The Labute approximate surface area is 148 Å². The molecule has 1 N–H and O–H groups in total. The van der Waals surface area contributed by atoms with Crippen LogP contribution in [0.4, 0.5) is 0 Å². The van der Waals surface area contributed by atoms with Crippen LogP contribution in [0.15, 0.2) is 52.0 Å². The molecule has 0 radical (unpaired) electrons. The predicted octanol–water partition coefficient (Wildman–Crippen LogP) is 4.66. The van der Waals surface area contributed by atoms with Gasteiger partial charge in [-0.3, -0.25) is 4.79 Å². The van der Waals surface area contributed by atoms with Crippen LogP contribution in [0, 0.1) is 0 Å². The summed E-state index contributed by atoms with van der Waals surface area (Å²) in [5.74, 6) is 0.429. The summed E-state index contributed by atoms with van der Waals surface area (Å²) in [5.41, 5.74) is 3.67. The van der Waals surface area contributed by atoms with E-state index in [0.29, 0.717) is 17.2 Å². The Kier molecular flexibility index (Phi) is 6.62. The highest BCUT2D eigenvalue weighted by atomic mass is 79.9. The van der Waals surface area contributed by atoms with Crippen LogP contribution in [-0.4, -0.2) is 18.7 Å². The van der Waals surface area contributed by atoms with Gasteiger partial charge in [-0.15, -0.1) is 0 Å². The summed E-state index contributed by atoms with van der Waals surface area (Å²) < 4.78 is 6.42. The maximum Gasteiger partial charge on any atom is 0.272 e. The highest BCUT2D eigenvalue weighted by molar-refractivity contribution is 9.10. The van der Waals surface area contributed by atoms with Crippen molar-refractivity contribution in [3.63, 3.8) is 0 Å². The molecule has 0 fully saturated rings. The number of halogens is 2. The number of nitrogens with zero attached hydrogens (tertiary/aromatic N) is 1. The molecule has 6 heteroatoms. The van der Waals surface area contributed by atoms with Crippen LogP contribution in [-0.2, 0) is 0 Å². The van der Waals surface area contributed by atoms with Gasteiger partial charge in [-0.1, -0.05) is 30.7 Å².